The molecule has 0 aliphatic carbocycles. The van der Waals surface area contributed by atoms with Gasteiger partial charge in [-0.25, -0.2) is 4.79 Å². The lowest BCUT2D eigenvalue weighted by Gasteiger charge is -2.12. The second-order valence-electron chi connectivity index (χ2n) is 4.20. The van der Waals surface area contributed by atoms with Gasteiger partial charge in [0.05, 0.1) is 5.69 Å². The average molecular weight is 285 g/mol. The van der Waals surface area contributed by atoms with Crippen molar-refractivity contribution in [2.24, 2.45) is 0 Å². The van der Waals surface area contributed by atoms with Crippen LogP contribution in [-0.2, 0) is 0 Å². The van der Waals surface area contributed by atoms with Gasteiger partial charge in [-0.3, -0.25) is 15.7 Å². The van der Waals surface area contributed by atoms with E-state index >= 15 is 0 Å². The Kier molecular flexibility index (Phi) is 4.31. The monoisotopic (exact) mass is 285 g/mol. The molecular formula is C13H12BN3O4. The van der Waals surface area contributed by atoms with Crippen LogP contribution in [0.1, 0.15) is 5.56 Å². The first kappa shape index (κ1) is 14.7. The van der Waals surface area contributed by atoms with Gasteiger partial charge in [0.2, 0.25) is 0 Å². The van der Waals surface area contributed by atoms with Gasteiger partial charge in [-0.05, 0) is 23.7 Å². The Bertz CT molecular complexity index is 676. The van der Waals surface area contributed by atoms with Crippen LogP contribution in [0.3, 0.4) is 0 Å². The van der Waals surface area contributed by atoms with E-state index in [4.69, 9.17) is 10.5 Å². The molecule has 106 valence electrons. The lowest BCUT2D eigenvalue weighted by atomic mass is 9.76. The molecule has 8 heteroatoms. The maximum Gasteiger partial charge on any atom is 0.489 e. The molecule has 0 aliphatic heterocycles. The lowest BCUT2D eigenvalue weighted by molar-refractivity contribution is 0.200. The molecule has 0 spiro atoms. The first-order valence-corrected chi connectivity index (χ1v) is 5.99. The van der Waals surface area contributed by atoms with E-state index in [2.05, 4.69) is 4.98 Å². The van der Waals surface area contributed by atoms with E-state index in [1.807, 2.05) is 5.32 Å². The molecule has 5 N–H and O–H groups in total. The first-order valence-electron chi connectivity index (χ1n) is 5.99. The van der Waals surface area contributed by atoms with E-state index in [0.717, 1.165) is 0 Å². The van der Waals surface area contributed by atoms with Gasteiger partial charge >= 0.3 is 13.2 Å². The van der Waals surface area contributed by atoms with Crippen LogP contribution in [0.5, 0.6) is 0 Å². The molecule has 1 heterocycles. The summed E-state index contributed by atoms with van der Waals surface area (Å²) in [6.45, 7) is 0. The van der Waals surface area contributed by atoms with Crippen LogP contribution in [-0.4, -0.2) is 39.2 Å². The molecule has 0 radical (unpaired) electrons. The smallest absolute Gasteiger partial charge is 0.465 e. The summed E-state index contributed by atoms with van der Waals surface area (Å²) in [5, 5.41) is 36.9. The maximum absolute atomic E-state index is 10.6. The number of nitrogens with zero attached hydrogens (tertiary/aromatic N) is 1. The highest BCUT2D eigenvalue weighted by Gasteiger charge is 2.20. The number of amides is 1. The number of benzene rings is 1. The highest BCUT2D eigenvalue weighted by molar-refractivity contribution is 6.60. The number of carboxylic acid groups (broad SMARTS) is 1. The fourth-order valence-electron chi connectivity index (χ4n) is 1.87. The molecule has 1 aromatic heterocycles. The zero-order valence-electron chi connectivity index (χ0n) is 10.8. The van der Waals surface area contributed by atoms with Crippen LogP contribution in [0.25, 0.3) is 11.3 Å². The standard InChI is InChI=1S/C13H12BN3O4/c15-12(17-13(18)19)9-7-8(4-5-10(9)14(20)21)11-3-1-2-6-16-11/h1-7,20-21H,(H2,15,17)(H,18,19). The van der Waals surface area contributed by atoms with Crippen molar-refractivity contribution in [2.75, 3.05) is 0 Å². The van der Waals surface area contributed by atoms with Gasteiger partial charge in [-0.1, -0.05) is 18.2 Å². The molecule has 0 saturated heterocycles. The van der Waals surface area contributed by atoms with Crippen molar-refractivity contribution < 1.29 is 19.9 Å². The Balaban J connectivity index is 2.49. The zero-order chi connectivity index (χ0) is 15.4. The van der Waals surface area contributed by atoms with Crippen molar-refractivity contribution in [3.05, 3.63) is 48.2 Å². The molecule has 2 rings (SSSR count). The third-order valence-corrected chi connectivity index (χ3v) is 2.79. The number of pyridine rings is 1. The maximum atomic E-state index is 10.6. The van der Waals surface area contributed by atoms with Gasteiger partial charge in [-0.2, -0.15) is 0 Å². The summed E-state index contributed by atoms with van der Waals surface area (Å²) < 4.78 is 0. The molecule has 7 nitrogen and oxygen atoms in total. The van der Waals surface area contributed by atoms with E-state index in [1.165, 1.54) is 12.1 Å². The van der Waals surface area contributed by atoms with Gasteiger partial charge in [0.15, 0.2) is 0 Å². The second-order valence-corrected chi connectivity index (χ2v) is 4.20. The van der Waals surface area contributed by atoms with E-state index in [9.17, 15) is 14.8 Å². The van der Waals surface area contributed by atoms with Crippen LogP contribution in [0.15, 0.2) is 42.6 Å². The van der Waals surface area contributed by atoms with Crippen LogP contribution in [0.2, 0.25) is 0 Å². The Morgan fingerprint density at radius 3 is 2.57 bits per heavy atom. The molecule has 0 unspecified atom stereocenters. The molecule has 1 aromatic carbocycles. The van der Waals surface area contributed by atoms with Gasteiger partial charge in [0.1, 0.15) is 5.84 Å². The number of nitrogens with one attached hydrogen (secondary N) is 2. The summed E-state index contributed by atoms with van der Waals surface area (Å²) in [5.74, 6) is -0.441. The molecule has 0 atom stereocenters. The molecule has 0 bridgehead atoms. The van der Waals surface area contributed by atoms with E-state index in [-0.39, 0.29) is 11.0 Å². The summed E-state index contributed by atoms with van der Waals surface area (Å²) in [4.78, 5) is 14.8. The van der Waals surface area contributed by atoms with Crippen molar-refractivity contribution >= 4 is 24.5 Å². The molecule has 0 fully saturated rings. The summed E-state index contributed by atoms with van der Waals surface area (Å²) in [6.07, 6.45) is 0.201. The Labute approximate surface area is 120 Å². The third-order valence-electron chi connectivity index (χ3n) is 2.79. The number of aromatic nitrogens is 1. The van der Waals surface area contributed by atoms with Crippen LogP contribution in [0.4, 0.5) is 4.79 Å². The molecule has 1 amide bonds. The predicted molar refractivity (Wildman–Crippen MR) is 77.5 cm³/mol. The Morgan fingerprint density at radius 1 is 1.24 bits per heavy atom. The minimum atomic E-state index is -1.81. The van der Waals surface area contributed by atoms with E-state index in [1.54, 1.807) is 30.5 Å². The highest BCUT2D eigenvalue weighted by atomic mass is 16.4. The fourth-order valence-corrected chi connectivity index (χ4v) is 1.87. The Hall–Kier alpha value is -2.71. The van der Waals surface area contributed by atoms with Crippen LogP contribution < -0.4 is 10.8 Å². The minimum absolute atomic E-state index is 0.0356. The van der Waals surface area contributed by atoms with Crippen molar-refractivity contribution in [3.63, 3.8) is 0 Å². The van der Waals surface area contributed by atoms with Crippen LogP contribution >= 0.6 is 0 Å². The van der Waals surface area contributed by atoms with Crippen molar-refractivity contribution in [2.45, 2.75) is 0 Å². The molecule has 2 aromatic rings. The first-order chi connectivity index (χ1) is 9.99. The number of carbonyl (C=O) groups is 1. The summed E-state index contributed by atoms with van der Waals surface area (Å²) >= 11 is 0. The van der Waals surface area contributed by atoms with Gasteiger partial charge in [0, 0.05) is 17.3 Å². The summed E-state index contributed by atoms with van der Waals surface area (Å²) in [5.41, 5.74) is 1.37. The summed E-state index contributed by atoms with van der Waals surface area (Å²) in [7, 11) is -1.81. The number of amidine groups is 1. The zero-order valence-corrected chi connectivity index (χ0v) is 10.8. The molecular weight excluding hydrogens is 273 g/mol. The number of hydrogen-bond acceptors (Lipinski definition) is 5. The largest absolute Gasteiger partial charge is 0.489 e. The quantitative estimate of drug-likeness (QED) is 0.309. The van der Waals surface area contributed by atoms with E-state index in [0.29, 0.717) is 11.3 Å². The van der Waals surface area contributed by atoms with Crippen LogP contribution in [0, 0.1) is 5.41 Å². The fraction of sp³-hybridized carbons (Fsp3) is 0. The minimum Gasteiger partial charge on any atom is -0.465 e. The van der Waals surface area contributed by atoms with Crippen molar-refractivity contribution in [1.29, 1.82) is 5.41 Å². The molecule has 0 aliphatic rings. The topological polar surface area (TPSA) is 127 Å². The SMILES string of the molecule is N=C(NC(=O)O)c1cc(-c2ccccn2)ccc1B(O)O. The average Bonchev–Trinajstić information content (AvgIpc) is 2.46. The highest BCUT2D eigenvalue weighted by Crippen LogP contribution is 2.17. The number of rotatable bonds is 3. The van der Waals surface area contributed by atoms with Gasteiger partial charge in [0.25, 0.3) is 0 Å². The predicted octanol–water partition coefficient (Wildman–Crippen LogP) is 0.0214. The molecule has 0 saturated carbocycles. The normalized spacial score (nSPS) is 10.0. The van der Waals surface area contributed by atoms with Crippen molar-refractivity contribution in [3.8, 4) is 11.3 Å². The molecule has 21 heavy (non-hydrogen) atoms. The second kappa shape index (κ2) is 6.16. The van der Waals surface area contributed by atoms with Crippen molar-refractivity contribution in [1.82, 2.24) is 10.3 Å². The van der Waals surface area contributed by atoms with Gasteiger partial charge < -0.3 is 15.2 Å². The van der Waals surface area contributed by atoms with E-state index < -0.39 is 19.0 Å². The summed E-state index contributed by atoms with van der Waals surface area (Å²) in [6, 6.07) is 9.82. The third kappa shape index (κ3) is 3.44. The van der Waals surface area contributed by atoms with Gasteiger partial charge in [-0.15, -0.1) is 0 Å². The Morgan fingerprint density at radius 2 is 2.00 bits per heavy atom. The number of hydrogen-bond donors (Lipinski definition) is 5. The lowest BCUT2D eigenvalue weighted by Crippen LogP contribution is -2.39.